The van der Waals surface area contributed by atoms with E-state index in [1.54, 1.807) is 6.08 Å². The van der Waals surface area contributed by atoms with Crippen LogP contribution in [0.2, 0.25) is 0 Å². The first-order chi connectivity index (χ1) is 36.0. The molecular formula is C68H135NO4. The van der Waals surface area contributed by atoms with Crippen LogP contribution >= 0.6 is 0 Å². The lowest BCUT2D eigenvalue weighted by Crippen LogP contribution is -2.45. The Morgan fingerprint density at radius 2 is 0.562 bits per heavy atom. The molecule has 4 N–H and O–H groups in total. The van der Waals surface area contributed by atoms with Gasteiger partial charge in [0.2, 0.25) is 5.91 Å². The molecule has 0 radical (unpaired) electrons. The summed E-state index contributed by atoms with van der Waals surface area (Å²) in [7, 11) is 0. The van der Waals surface area contributed by atoms with Crippen LogP contribution in [0.5, 0.6) is 0 Å². The summed E-state index contributed by atoms with van der Waals surface area (Å²) >= 11 is 0. The van der Waals surface area contributed by atoms with Crippen LogP contribution in [0.15, 0.2) is 12.2 Å². The molecule has 5 heteroatoms. The predicted molar refractivity (Wildman–Crippen MR) is 324 cm³/mol. The molecule has 0 aromatic carbocycles. The summed E-state index contributed by atoms with van der Waals surface area (Å²) < 4.78 is 0. The van der Waals surface area contributed by atoms with E-state index in [1.807, 2.05) is 6.08 Å². The van der Waals surface area contributed by atoms with Crippen LogP contribution in [0.4, 0.5) is 0 Å². The molecule has 0 saturated heterocycles. The standard InChI is InChI=1S/C68H135NO4/c1-3-5-7-9-11-13-15-17-19-21-23-25-27-28-29-30-31-32-33-34-35-36-37-38-40-41-43-45-47-49-51-53-55-57-59-61-65(71)63-68(73)69-66(64-70)67(72)62-60-58-56-54-52-50-48-46-44-42-39-26-24-22-20-18-16-14-12-10-8-6-4-2/h60,62,65-67,70-72H,3-59,61,63-64H2,1-2H3,(H,69,73)/b62-60+. The van der Waals surface area contributed by atoms with Gasteiger partial charge in [-0.1, -0.05) is 379 Å². The maximum Gasteiger partial charge on any atom is 0.222 e. The van der Waals surface area contributed by atoms with Crippen molar-refractivity contribution < 1.29 is 20.1 Å². The monoisotopic (exact) mass is 1030 g/mol. The highest BCUT2D eigenvalue weighted by Crippen LogP contribution is 2.20. The third-order valence-corrected chi connectivity index (χ3v) is 16.3. The van der Waals surface area contributed by atoms with Crippen molar-refractivity contribution in [2.75, 3.05) is 6.61 Å². The summed E-state index contributed by atoms with van der Waals surface area (Å²) in [6.45, 7) is 4.27. The number of allylic oxidation sites excluding steroid dienone is 1. The number of rotatable bonds is 64. The molecule has 0 aliphatic carbocycles. The van der Waals surface area contributed by atoms with Crippen LogP contribution in [0, 0.1) is 0 Å². The molecule has 3 atom stereocenters. The van der Waals surface area contributed by atoms with Crippen molar-refractivity contribution in [1.29, 1.82) is 0 Å². The van der Waals surface area contributed by atoms with Gasteiger partial charge in [-0.25, -0.2) is 0 Å². The van der Waals surface area contributed by atoms with Gasteiger partial charge in [0, 0.05) is 0 Å². The van der Waals surface area contributed by atoms with Gasteiger partial charge in [0.1, 0.15) is 0 Å². The number of aliphatic hydroxyl groups is 3. The largest absolute Gasteiger partial charge is 0.394 e. The molecule has 0 bridgehead atoms. The SMILES string of the molecule is CCCCCCCCCCCCCCCCCCCCCCC/C=C/C(O)C(CO)NC(=O)CC(O)CCCCCCCCCCCCCCCCCCCCCCCCCCCCCCCCCCCCC. The number of hydrogen-bond acceptors (Lipinski definition) is 4. The van der Waals surface area contributed by atoms with Crippen molar-refractivity contribution in [3.63, 3.8) is 0 Å². The summed E-state index contributed by atoms with van der Waals surface area (Å²) in [5.74, 6) is -0.306. The van der Waals surface area contributed by atoms with E-state index in [-0.39, 0.29) is 18.9 Å². The Bertz CT molecular complexity index is 1050. The van der Waals surface area contributed by atoms with Crippen LogP contribution in [-0.4, -0.2) is 46.1 Å². The van der Waals surface area contributed by atoms with Gasteiger partial charge >= 0.3 is 0 Å². The molecular weight excluding hydrogens is 895 g/mol. The number of nitrogens with one attached hydrogen (secondary N) is 1. The zero-order chi connectivity index (χ0) is 52.9. The topological polar surface area (TPSA) is 89.8 Å². The van der Waals surface area contributed by atoms with Crippen LogP contribution in [-0.2, 0) is 4.79 Å². The molecule has 0 aromatic heterocycles. The van der Waals surface area contributed by atoms with E-state index in [0.29, 0.717) is 6.42 Å². The molecule has 0 rings (SSSR count). The molecule has 3 unspecified atom stereocenters. The van der Waals surface area contributed by atoms with Crippen LogP contribution < -0.4 is 5.32 Å². The first kappa shape index (κ1) is 72.1. The van der Waals surface area contributed by atoms with Gasteiger partial charge < -0.3 is 20.6 Å². The van der Waals surface area contributed by atoms with Gasteiger partial charge in [-0.3, -0.25) is 4.79 Å². The van der Waals surface area contributed by atoms with Crippen molar-refractivity contribution in [3.05, 3.63) is 12.2 Å². The summed E-state index contributed by atoms with van der Waals surface area (Å²) in [5, 5.41) is 33.6. The average molecular weight is 1030 g/mol. The van der Waals surface area contributed by atoms with Crippen LogP contribution in [0.1, 0.15) is 393 Å². The zero-order valence-electron chi connectivity index (χ0n) is 50.1. The van der Waals surface area contributed by atoms with Gasteiger partial charge in [0.15, 0.2) is 0 Å². The molecule has 0 aliphatic heterocycles. The highest BCUT2D eigenvalue weighted by molar-refractivity contribution is 5.76. The van der Waals surface area contributed by atoms with E-state index >= 15 is 0 Å². The lowest BCUT2D eigenvalue weighted by molar-refractivity contribution is -0.124. The van der Waals surface area contributed by atoms with E-state index in [4.69, 9.17) is 0 Å². The first-order valence-corrected chi connectivity index (χ1v) is 34.0. The van der Waals surface area contributed by atoms with Gasteiger partial charge in [0.25, 0.3) is 0 Å². The highest BCUT2D eigenvalue weighted by Gasteiger charge is 2.20. The second-order valence-corrected chi connectivity index (χ2v) is 23.8. The summed E-state index contributed by atoms with van der Waals surface area (Å²) in [6.07, 6.45) is 81.8. The number of unbranched alkanes of at least 4 members (excludes halogenated alkanes) is 55. The Kier molecular flexibility index (Phi) is 62.8. The molecule has 0 spiro atoms. The van der Waals surface area contributed by atoms with E-state index in [9.17, 15) is 20.1 Å². The van der Waals surface area contributed by atoms with Crippen molar-refractivity contribution in [2.24, 2.45) is 0 Å². The fourth-order valence-electron chi connectivity index (χ4n) is 11.2. The number of carbonyl (C=O) groups is 1. The quantitative estimate of drug-likeness (QED) is 0.0361. The average Bonchev–Trinajstić information content (AvgIpc) is 3.39. The van der Waals surface area contributed by atoms with Crippen molar-refractivity contribution in [2.45, 2.75) is 411 Å². The van der Waals surface area contributed by atoms with Crippen LogP contribution in [0.25, 0.3) is 0 Å². The minimum Gasteiger partial charge on any atom is -0.394 e. The Hall–Kier alpha value is -0.910. The number of hydrogen-bond donors (Lipinski definition) is 4. The Morgan fingerprint density at radius 1 is 0.342 bits per heavy atom. The zero-order valence-corrected chi connectivity index (χ0v) is 50.1. The minimum atomic E-state index is -0.927. The maximum absolute atomic E-state index is 12.6. The smallest absolute Gasteiger partial charge is 0.222 e. The van der Waals surface area contributed by atoms with E-state index in [1.165, 1.54) is 340 Å². The van der Waals surface area contributed by atoms with Gasteiger partial charge in [-0.15, -0.1) is 0 Å². The fourth-order valence-corrected chi connectivity index (χ4v) is 11.2. The fraction of sp³-hybridized carbons (Fsp3) is 0.956. The van der Waals surface area contributed by atoms with E-state index < -0.39 is 18.2 Å². The third-order valence-electron chi connectivity index (χ3n) is 16.3. The molecule has 0 fully saturated rings. The molecule has 1 amide bonds. The second kappa shape index (κ2) is 63.6. The predicted octanol–water partition coefficient (Wildman–Crippen LogP) is 21.8. The number of aliphatic hydroxyl groups excluding tert-OH is 3. The van der Waals surface area contributed by atoms with Crippen molar-refractivity contribution in [1.82, 2.24) is 5.32 Å². The molecule has 73 heavy (non-hydrogen) atoms. The summed E-state index contributed by atoms with van der Waals surface area (Å²) in [5.41, 5.74) is 0. The van der Waals surface area contributed by atoms with E-state index in [2.05, 4.69) is 19.2 Å². The highest BCUT2D eigenvalue weighted by atomic mass is 16.3. The number of amides is 1. The molecule has 0 aromatic rings. The lowest BCUT2D eigenvalue weighted by Gasteiger charge is -2.21. The Labute approximate surface area is 459 Å². The third kappa shape index (κ3) is 60.2. The summed E-state index contributed by atoms with van der Waals surface area (Å²) in [6, 6.07) is -0.742. The number of carbonyl (C=O) groups excluding carboxylic acids is 1. The Balaban J connectivity index is 3.45. The molecule has 436 valence electrons. The lowest BCUT2D eigenvalue weighted by atomic mass is 10.0. The van der Waals surface area contributed by atoms with Gasteiger partial charge in [-0.05, 0) is 19.3 Å². The molecule has 5 nitrogen and oxygen atoms in total. The minimum absolute atomic E-state index is 0.0199. The van der Waals surface area contributed by atoms with Gasteiger partial charge in [0.05, 0.1) is 31.3 Å². The first-order valence-electron chi connectivity index (χ1n) is 34.0. The van der Waals surface area contributed by atoms with Crippen molar-refractivity contribution in [3.8, 4) is 0 Å². The maximum atomic E-state index is 12.6. The normalized spacial score (nSPS) is 13.1. The summed E-state index contributed by atoms with van der Waals surface area (Å²) in [4.78, 5) is 12.6. The molecule has 0 saturated carbocycles. The Morgan fingerprint density at radius 3 is 0.795 bits per heavy atom. The van der Waals surface area contributed by atoms with Crippen LogP contribution in [0.3, 0.4) is 0 Å². The second-order valence-electron chi connectivity index (χ2n) is 23.8. The van der Waals surface area contributed by atoms with Gasteiger partial charge in [-0.2, -0.15) is 0 Å². The molecule has 0 aliphatic rings. The van der Waals surface area contributed by atoms with Crippen molar-refractivity contribution >= 4 is 5.91 Å². The molecule has 0 heterocycles. The van der Waals surface area contributed by atoms with E-state index in [0.717, 1.165) is 25.7 Å².